The van der Waals surface area contributed by atoms with Crippen molar-refractivity contribution in [3.8, 4) is 0 Å². The molecule has 4 heteroatoms. The van der Waals surface area contributed by atoms with Gasteiger partial charge >= 0.3 is 0 Å². The van der Waals surface area contributed by atoms with E-state index in [1.807, 2.05) is 13.2 Å². The second-order valence-corrected chi connectivity index (χ2v) is 7.17. The molecule has 1 aliphatic heterocycles. The van der Waals surface area contributed by atoms with E-state index in [2.05, 4.69) is 67.2 Å². The first-order chi connectivity index (χ1) is 13.1. The first-order valence-corrected chi connectivity index (χ1v) is 10.0. The Kier molecular flexibility index (Phi) is 8.23. The van der Waals surface area contributed by atoms with Gasteiger partial charge in [-0.1, -0.05) is 31.2 Å². The molecule has 0 amide bonds. The van der Waals surface area contributed by atoms with Crippen LogP contribution in [0.4, 0.5) is 4.39 Å². The standard InChI is InChI=1S/C23H34FN3/c1-6-9-21-20(14-25-5)16-27(23(21)10-7-2)18(4)19-13-17(3)22(26-15-19)11-8-12-24/h6,9-10,13,15,18,25H,7-8,11-12,14,16H2,1-5H3/b9-6-,23-10-. The highest BCUT2D eigenvalue weighted by Crippen LogP contribution is 2.36. The summed E-state index contributed by atoms with van der Waals surface area (Å²) in [6.07, 6.45) is 10.9. The fraction of sp³-hybridized carbons (Fsp3) is 0.522. The van der Waals surface area contributed by atoms with Crippen molar-refractivity contribution in [3.05, 3.63) is 64.2 Å². The molecule has 3 nitrogen and oxygen atoms in total. The SMILES string of the molecule is C/C=C\C1=C(CNC)CN(C(C)c2cnc(CCCF)c(C)c2)/C1=C\CC. The lowest BCUT2D eigenvalue weighted by atomic mass is 10.0. The van der Waals surface area contributed by atoms with Gasteiger partial charge in [0.15, 0.2) is 0 Å². The minimum atomic E-state index is -0.286. The Labute approximate surface area is 164 Å². The van der Waals surface area contributed by atoms with Gasteiger partial charge in [-0.25, -0.2) is 0 Å². The van der Waals surface area contributed by atoms with Crippen LogP contribution in [0.3, 0.4) is 0 Å². The summed E-state index contributed by atoms with van der Waals surface area (Å²) in [6.45, 7) is 10.1. The quantitative estimate of drug-likeness (QED) is 0.658. The summed E-state index contributed by atoms with van der Waals surface area (Å²) in [5, 5.41) is 3.31. The molecular weight excluding hydrogens is 337 g/mol. The van der Waals surface area contributed by atoms with Crippen LogP contribution in [-0.2, 0) is 6.42 Å². The van der Waals surface area contributed by atoms with Crippen molar-refractivity contribution in [1.82, 2.24) is 15.2 Å². The number of rotatable bonds is 9. The number of allylic oxidation sites excluding steroid dienone is 3. The van der Waals surface area contributed by atoms with Crippen molar-refractivity contribution in [2.45, 2.75) is 53.0 Å². The van der Waals surface area contributed by atoms with Crippen LogP contribution in [-0.4, -0.2) is 36.7 Å². The number of aryl methyl sites for hydroxylation is 2. The van der Waals surface area contributed by atoms with Crippen LogP contribution >= 0.6 is 0 Å². The molecule has 27 heavy (non-hydrogen) atoms. The molecule has 1 unspecified atom stereocenters. The van der Waals surface area contributed by atoms with Crippen LogP contribution in [0.1, 0.15) is 56.5 Å². The van der Waals surface area contributed by atoms with Gasteiger partial charge in [-0.3, -0.25) is 9.37 Å². The minimum Gasteiger partial charge on any atom is -0.360 e. The highest BCUT2D eigenvalue weighted by Gasteiger charge is 2.29. The third kappa shape index (κ3) is 5.07. The molecule has 0 bridgehead atoms. The van der Waals surface area contributed by atoms with Crippen molar-refractivity contribution in [1.29, 1.82) is 0 Å². The van der Waals surface area contributed by atoms with E-state index in [0.29, 0.717) is 12.8 Å². The number of likely N-dealkylation sites (N-methyl/N-ethyl adjacent to an activating group) is 1. The predicted molar refractivity (Wildman–Crippen MR) is 113 cm³/mol. The summed E-state index contributed by atoms with van der Waals surface area (Å²) in [4.78, 5) is 7.11. The van der Waals surface area contributed by atoms with Crippen LogP contribution in [0.2, 0.25) is 0 Å². The van der Waals surface area contributed by atoms with Crippen molar-refractivity contribution >= 4 is 0 Å². The summed E-state index contributed by atoms with van der Waals surface area (Å²) in [5.41, 5.74) is 7.45. The Bertz CT molecular complexity index is 718. The fourth-order valence-electron chi connectivity index (χ4n) is 3.74. The molecule has 2 heterocycles. The van der Waals surface area contributed by atoms with E-state index in [1.54, 1.807) is 0 Å². The number of hydrogen-bond donors (Lipinski definition) is 1. The topological polar surface area (TPSA) is 28.2 Å². The van der Waals surface area contributed by atoms with Gasteiger partial charge < -0.3 is 10.2 Å². The second-order valence-electron chi connectivity index (χ2n) is 7.17. The number of alkyl halides is 1. The van der Waals surface area contributed by atoms with E-state index in [-0.39, 0.29) is 12.7 Å². The lowest BCUT2D eigenvalue weighted by Crippen LogP contribution is -2.25. The molecule has 0 saturated heterocycles. The molecule has 0 saturated carbocycles. The van der Waals surface area contributed by atoms with Gasteiger partial charge in [0.05, 0.1) is 12.7 Å². The molecule has 2 rings (SSSR count). The van der Waals surface area contributed by atoms with Crippen molar-refractivity contribution in [2.24, 2.45) is 0 Å². The first kappa shape index (κ1) is 21.4. The Morgan fingerprint density at radius 2 is 2.19 bits per heavy atom. The van der Waals surface area contributed by atoms with Gasteiger partial charge in [0.1, 0.15) is 0 Å². The molecule has 1 aromatic rings. The number of nitrogens with zero attached hydrogens (tertiary/aromatic N) is 2. The van der Waals surface area contributed by atoms with Gasteiger partial charge in [-0.2, -0.15) is 0 Å². The van der Waals surface area contributed by atoms with Gasteiger partial charge in [0, 0.05) is 30.7 Å². The zero-order valence-electron chi connectivity index (χ0n) is 17.5. The molecular formula is C23H34FN3. The number of nitrogens with one attached hydrogen (secondary N) is 1. The molecule has 0 fully saturated rings. The van der Waals surface area contributed by atoms with Crippen LogP contribution in [0, 0.1) is 6.92 Å². The molecule has 148 valence electrons. The lowest BCUT2D eigenvalue weighted by Gasteiger charge is -2.30. The smallest absolute Gasteiger partial charge is 0.0898 e. The highest BCUT2D eigenvalue weighted by atomic mass is 19.1. The van der Waals surface area contributed by atoms with Crippen molar-refractivity contribution in [3.63, 3.8) is 0 Å². The molecule has 0 spiro atoms. The van der Waals surface area contributed by atoms with Gasteiger partial charge in [0.25, 0.3) is 0 Å². The fourth-order valence-corrected chi connectivity index (χ4v) is 3.74. The first-order valence-electron chi connectivity index (χ1n) is 10.0. The van der Waals surface area contributed by atoms with Crippen LogP contribution in [0.15, 0.2) is 47.3 Å². The molecule has 0 aromatic carbocycles. The lowest BCUT2D eigenvalue weighted by molar-refractivity contribution is 0.312. The predicted octanol–water partition coefficient (Wildman–Crippen LogP) is 5.05. The van der Waals surface area contributed by atoms with E-state index < -0.39 is 0 Å². The number of halogens is 1. The van der Waals surface area contributed by atoms with Crippen molar-refractivity contribution < 1.29 is 4.39 Å². The summed E-state index contributed by atoms with van der Waals surface area (Å²) in [6, 6.07) is 2.46. The molecule has 1 aromatic heterocycles. The number of pyridine rings is 1. The maximum atomic E-state index is 12.5. The monoisotopic (exact) mass is 371 g/mol. The Balaban J connectivity index is 2.31. The Hall–Kier alpha value is -1.94. The summed E-state index contributed by atoms with van der Waals surface area (Å²) < 4.78 is 12.5. The Morgan fingerprint density at radius 3 is 2.78 bits per heavy atom. The van der Waals surface area contributed by atoms with Crippen LogP contribution in [0.5, 0.6) is 0 Å². The van der Waals surface area contributed by atoms with Crippen molar-refractivity contribution in [2.75, 3.05) is 26.8 Å². The molecule has 1 aliphatic rings. The number of aromatic nitrogens is 1. The zero-order valence-corrected chi connectivity index (χ0v) is 17.5. The van der Waals surface area contributed by atoms with E-state index >= 15 is 0 Å². The maximum absolute atomic E-state index is 12.5. The molecule has 0 aliphatic carbocycles. The minimum absolute atomic E-state index is 0.235. The average Bonchev–Trinajstić information content (AvgIpc) is 2.99. The third-order valence-corrected chi connectivity index (χ3v) is 5.15. The maximum Gasteiger partial charge on any atom is 0.0898 e. The second kappa shape index (κ2) is 10.4. The number of hydrogen-bond acceptors (Lipinski definition) is 3. The zero-order chi connectivity index (χ0) is 19.8. The largest absolute Gasteiger partial charge is 0.360 e. The van der Waals surface area contributed by atoms with Crippen LogP contribution < -0.4 is 5.32 Å². The summed E-state index contributed by atoms with van der Waals surface area (Å²) in [5.74, 6) is 0. The molecule has 1 N–H and O–H groups in total. The van der Waals surface area contributed by atoms with Gasteiger partial charge in [0.2, 0.25) is 0 Å². The summed E-state index contributed by atoms with van der Waals surface area (Å²) >= 11 is 0. The van der Waals surface area contributed by atoms with E-state index in [1.165, 1.54) is 22.4 Å². The molecule has 0 radical (unpaired) electrons. The summed E-state index contributed by atoms with van der Waals surface area (Å²) in [7, 11) is 2.00. The van der Waals surface area contributed by atoms with Crippen LogP contribution in [0.25, 0.3) is 0 Å². The average molecular weight is 372 g/mol. The van der Waals surface area contributed by atoms with E-state index in [0.717, 1.165) is 30.8 Å². The van der Waals surface area contributed by atoms with E-state index in [4.69, 9.17) is 0 Å². The van der Waals surface area contributed by atoms with Gasteiger partial charge in [-0.05, 0) is 69.4 Å². The highest BCUT2D eigenvalue weighted by molar-refractivity contribution is 5.49. The third-order valence-electron chi connectivity index (χ3n) is 5.15. The van der Waals surface area contributed by atoms with Gasteiger partial charge in [-0.15, -0.1) is 0 Å². The van der Waals surface area contributed by atoms with E-state index in [9.17, 15) is 4.39 Å². The normalized spacial score (nSPS) is 17.6. The molecule has 1 atom stereocenters. The Morgan fingerprint density at radius 1 is 1.41 bits per heavy atom.